The number of carboxylic acids is 1. The smallest absolute Gasteiger partial charge is 0.362 e. The van der Waals surface area contributed by atoms with Gasteiger partial charge in [-0.15, -0.1) is 0 Å². The van der Waals surface area contributed by atoms with Crippen LogP contribution < -0.4 is 0 Å². The zero-order valence-corrected chi connectivity index (χ0v) is 37.8. The highest BCUT2D eigenvalue weighted by Gasteiger charge is 2.31. The summed E-state index contributed by atoms with van der Waals surface area (Å²) < 4.78 is 17.2. The maximum Gasteiger partial charge on any atom is 0.362 e. The number of nitrogens with zero attached hydrogens (tertiary/aromatic N) is 1. The summed E-state index contributed by atoms with van der Waals surface area (Å²) in [6.45, 7) is 4.58. The molecule has 332 valence electrons. The van der Waals surface area contributed by atoms with E-state index in [4.69, 9.17) is 14.2 Å². The van der Waals surface area contributed by atoms with E-state index in [1.165, 1.54) is 122 Å². The molecule has 0 amide bonds. The third-order valence-electron chi connectivity index (χ3n) is 10.6. The first-order valence-corrected chi connectivity index (χ1v) is 23.5. The first-order valence-electron chi connectivity index (χ1n) is 23.5. The fourth-order valence-corrected chi connectivity index (χ4v) is 6.94. The molecule has 0 bridgehead atoms. The predicted octanol–water partition coefficient (Wildman–Crippen LogP) is 13.0. The van der Waals surface area contributed by atoms with Crippen LogP contribution in [0.5, 0.6) is 0 Å². The van der Waals surface area contributed by atoms with Crippen LogP contribution in [0.15, 0.2) is 36.5 Å². The molecule has 0 aromatic heterocycles. The van der Waals surface area contributed by atoms with Gasteiger partial charge in [-0.25, -0.2) is 4.79 Å². The highest BCUT2D eigenvalue weighted by Crippen LogP contribution is 2.16. The number of likely N-dealkylation sites (N-methyl/N-ethyl adjacent to an activating group) is 1. The van der Waals surface area contributed by atoms with Gasteiger partial charge in [0.1, 0.15) is 6.61 Å². The lowest BCUT2D eigenvalue weighted by atomic mass is 10.0. The van der Waals surface area contributed by atoms with E-state index in [0.717, 1.165) is 44.9 Å². The largest absolute Gasteiger partial charge is 0.477 e. The normalized spacial score (nSPS) is 13.2. The van der Waals surface area contributed by atoms with Crippen LogP contribution in [0.1, 0.15) is 206 Å². The molecule has 0 saturated heterocycles. The quantitative estimate of drug-likeness (QED) is 0.0284. The highest BCUT2D eigenvalue weighted by atomic mass is 16.6. The zero-order chi connectivity index (χ0) is 42.1. The Kier molecular flexibility index (Phi) is 38.6. The van der Waals surface area contributed by atoms with Crippen molar-refractivity contribution in [1.29, 1.82) is 0 Å². The Morgan fingerprint density at radius 2 is 0.982 bits per heavy atom. The van der Waals surface area contributed by atoms with Crippen molar-refractivity contribution in [3.63, 3.8) is 0 Å². The topological polar surface area (TPSA) is 99.1 Å². The summed E-state index contributed by atoms with van der Waals surface area (Å²) >= 11 is 0. The van der Waals surface area contributed by atoms with E-state index in [9.17, 15) is 19.5 Å². The summed E-state index contributed by atoms with van der Waals surface area (Å²) in [4.78, 5) is 36.9. The molecule has 2 atom stereocenters. The Balaban J connectivity index is 4.19. The van der Waals surface area contributed by atoms with Crippen LogP contribution in [0.25, 0.3) is 0 Å². The Hall–Kier alpha value is -2.45. The summed E-state index contributed by atoms with van der Waals surface area (Å²) in [6.07, 6.45) is 46.5. The minimum absolute atomic E-state index is 0.0432. The van der Waals surface area contributed by atoms with Gasteiger partial charge in [0.15, 0.2) is 12.1 Å². The molecule has 0 aromatic rings. The average Bonchev–Trinajstić information content (AvgIpc) is 3.17. The van der Waals surface area contributed by atoms with Crippen molar-refractivity contribution in [2.45, 2.75) is 219 Å². The second kappa shape index (κ2) is 40.3. The maximum absolute atomic E-state index is 12.7. The van der Waals surface area contributed by atoms with Crippen LogP contribution in [-0.2, 0) is 28.6 Å². The number of hydrogen-bond acceptors (Lipinski definition) is 6. The molecular formula is C49H90NO7+. The molecule has 0 saturated carbocycles. The minimum Gasteiger partial charge on any atom is -0.477 e. The molecule has 0 spiro atoms. The number of aliphatic carboxylic acids is 1. The second-order valence-corrected chi connectivity index (χ2v) is 17.0. The second-order valence-electron chi connectivity index (χ2n) is 17.0. The van der Waals surface area contributed by atoms with Gasteiger partial charge in [-0.3, -0.25) is 9.59 Å². The highest BCUT2D eigenvalue weighted by molar-refractivity contribution is 5.72. The lowest BCUT2D eigenvalue weighted by Crippen LogP contribution is -2.50. The van der Waals surface area contributed by atoms with Crippen molar-refractivity contribution in [3.8, 4) is 0 Å². The van der Waals surface area contributed by atoms with Crippen LogP contribution in [0.4, 0.5) is 0 Å². The maximum atomic E-state index is 12.7. The van der Waals surface area contributed by atoms with Crippen molar-refractivity contribution in [2.75, 3.05) is 41.0 Å². The summed E-state index contributed by atoms with van der Waals surface area (Å²) in [5, 5.41) is 9.61. The number of hydrogen-bond donors (Lipinski definition) is 1. The Labute approximate surface area is 351 Å². The zero-order valence-electron chi connectivity index (χ0n) is 37.8. The molecule has 8 heteroatoms. The molecule has 0 aliphatic carbocycles. The summed E-state index contributed by atoms with van der Waals surface area (Å²) in [7, 11) is 5.51. The van der Waals surface area contributed by atoms with E-state index >= 15 is 0 Å². The molecule has 57 heavy (non-hydrogen) atoms. The Bertz CT molecular complexity index is 1030. The van der Waals surface area contributed by atoms with Gasteiger partial charge >= 0.3 is 17.9 Å². The average molecular weight is 805 g/mol. The van der Waals surface area contributed by atoms with Crippen LogP contribution in [0.3, 0.4) is 0 Å². The van der Waals surface area contributed by atoms with Gasteiger partial charge in [0.05, 0.1) is 34.4 Å². The molecule has 0 radical (unpaired) electrons. The number of carboxylic acid groups (broad SMARTS) is 1. The molecule has 0 fully saturated rings. The van der Waals surface area contributed by atoms with Crippen LogP contribution in [-0.4, -0.2) is 80.6 Å². The number of ether oxygens (including phenoxy) is 3. The van der Waals surface area contributed by atoms with E-state index in [1.54, 1.807) is 0 Å². The van der Waals surface area contributed by atoms with E-state index < -0.39 is 18.1 Å². The summed E-state index contributed by atoms with van der Waals surface area (Å²) in [5.74, 6) is -1.53. The predicted molar refractivity (Wildman–Crippen MR) is 238 cm³/mol. The van der Waals surface area contributed by atoms with Crippen LogP contribution >= 0.6 is 0 Å². The van der Waals surface area contributed by atoms with Crippen molar-refractivity contribution >= 4 is 17.9 Å². The number of allylic oxidation sites excluding steroid dienone is 6. The summed E-state index contributed by atoms with van der Waals surface area (Å²) in [6, 6.07) is -0.621. The van der Waals surface area contributed by atoms with Crippen molar-refractivity contribution < 1.29 is 38.2 Å². The molecule has 8 nitrogen and oxygen atoms in total. The SMILES string of the molecule is CC/C=C/C/C=C/C/C=C/CCCC(=O)OC(COCCC(C(=O)O)[N+](C)(C)C)COC(=O)CCCCCCCCCCCCCCCCCCCCCCCC. The minimum atomic E-state index is -0.882. The molecule has 1 N–H and O–H groups in total. The van der Waals surface area contributed by atoms with Gasteiger partial charge in [-0.05, 0) is 38.5 Å². The van der Waals surface area contributed by atoms with Gasteiger partial charge in [0, 0.05) is 19.3 Å². The molecule has 0 heterocycles. The third kappa shape index (κ3) is 38.8. The molecule has 0 rings (SSSR count). The number of unbranched alkanes of at least 4 members (excludes halogenated alkanes) is 22. The fraction of sp³-hybridized carbons (Fsp3) is 0.816. The monoisotopic (exact) mass is 805 g/mol. The number of esters is 2. The van der Waals surface area contributed by atoms with Gasteiger partial charge < -0.3 is 23.8 Å². The molecule has 0 aromatic carbocycles. The lowest BCUT2D eigenvalue weighted by molar-refractivity contribution is -0.887. The first-order chi connectivity index (χ1) is 27.6. The number of rotatable bonds is 42. The van der Waals surface area contributed by atoms with Gasteiger partial charge in [-0.2, -0.15) is 0 Å². The van der Waals surface area contributed by atoms with E-state index in [0.29, 0.717) is 19.3 Å². The molecule has 0 aliphatic heterocycles. The number of carbonyl (C=O) groups is 3. The third-order valence-corrected chi connectivity index (χ3v) is 10.6. The van der Waals surface area contributed by atoms with Gasteiger partial charge in [-0.1, -0.05) is 185 Å². The standard InChI is InChI=1S/C49H89NO7/c1-6-8-10-12-14-16-18-19-20-21-22-23-24-25-26-27-28-30-31-33-35-37-39-47(51)56-44-45(43-55-42-41-46(49(53)54)50(3,4)5)57-48(52)40-38-36-34-32-29-17-15-13-11-9-7-2/h9,11,15,17,32,34,45-46H,6-8,10,12-14,16,18-31,33,35-44H2,1-5H3/p+1/b11-9+,17-15+,34-32+. The molecule has 2 unspecified atom stereocenters. The number of carbonyl (C=O) groups excluding carboxylic acids is 2. The summed E-state index contributed by atoms with van der Waals surface area (Å²) in [5.41, 5.74) is 0. The van der Waals surface area contributed by atoms with Crippen LogP contribution in [0.2, 0.25) is 0 Å². The van der Waals surface area contributed by atoms with E-state index in [1.807, 2.05) is 21.1 Å². The number of quaternary nitrogens is 1. The van der Waals surface area contributed by atoms with Crippen LogP contribution in [0, 0.1) is 0 Å². The molecular weight excluding hydrogens is 715 g/mol. The Morgan fingerprint density at radius 1 is 0.544 bits per heavy atom. The van der Waals surface area contributed by atoms with E-state index in [-0.39, 0.29) is 42.7 Å². The van der Waals surface area contributed by atoms with E-state index in [2.05, 4.69) is 50.3 Å². The van der Waals surface area contributed by atoms with Crippen molar-refractivity contribution in [2.24, 2.45) is 0 Å². The van der Waals surface area contributed by atoms with Gasteiger partial charge in [0.25, 0.3) is 0 Å². The fourth-order valence-electron chi connectivity index (χ4n) is 6.94. The Morgan fingerprint density at radius 3 is 1.44 bits per heavy atom. The lowest BCUT2D eigenvalue weighted by Gasteiger charge is -2.31. The first kappa shape index (κ1) is 54.6. The molecule has 0 aliphatic rings. The van der Waals surface area contributed by atoms with Crippen molar-refractivity contribution in [1.82, 2.24) is 0 Å². The van der Waals surface area contributed by atoms with Gasteiger partial charge in [0.2, 0.25) is 0 Å². The van der Waals surface area contributed by atoms with Crippen molar-refractivity contribution in [3.05, 3.63) is 36.5 Å².